The first-order valence-corrected chi connectivity index (χ1v) is 7.58. The third-order valence-corrected chi connectivity index (χ3v) is 3.12. The molecule has 0 aliphatic heterocycles. The number of aliphatic carboxylic acids is 1. The van der Waals surface area contributed by atoms with Gasteiger partial charge in [-0.3, -0.25) is 4.79 Å². The number of rotatable bonds is 13. The molecule has 108 valence electrons. The first-order chi connectivity index (χ1) is 8.63. The molecule has 0 heterocycles. The third kappa shape index (κ3) is 15.4. The molecule has 0 aliphatic carbocycles. The van der Waals surface area contributed by atoms with Gasteiger partial charge in [0.05, 0.1) is 0 Å². The maximum absolute atomic E-state index is 10.3. The van der Waals surface area contributed by atoms with Crippen molar-refractivity contribution in [2.24, 2.45) is 0 Å². The van der Waals surface area contributed by atoms with Gasteiger partial charge in [0.25, 0.3) is 0 Å². The fourth-order valence-corrected chi connectivity index (χ4v) is 2.03. The van der Waals surface area contributed by atoms with E-state index in [0.717, 1.165) is 19.4 Å². The Morgan fingerprint density at radius 3 is 1.78 bits per heavy atom. The van der Waals surface area contributed by atoms with Crippen LogP contribution in [0, 0.1) is 0 Å². The van der Waals surface area contributed by atoms with Crippen molar-refractivity contribution in [1.82, 2.24) is 5.32 Å². The van der Waals surface area contributed by atoms with Crippen LogP contribution in [0.25, 0.3) is 0 Å². The Balaban J connectivity index is 2.97. The Labute approximate surface area is 112 Å². The Morgan fingerprint density at radius 1 is 0.889 bits per heavy atom. The summed E-state index contributed by atoms with van der Waals surface area (Å²) in [4.78, 5) is 10.3. The lowest BCUT2D eigenvalue weighted by Gasteiger charge is -2.07. The molecule has 0 radical (unpaired) electrons. The predicted octanol–water partition coefficient (Wildman–Crippen LogP) is 3.97. The SMILES string of the molecule is CC(C)NCCCCCCCCCCCC(=O)O. The van der Waals surface area contributed by atoms with E-state index in [1.165, 1.54) is 44.9 Å². The molecule has 0 aliphatic rings. The minimum atomic E-state index is -0.662. The van der Waals surface area contributed by atoms with E-state index in [2.05, 4.69) is 19.2 Å². The minimum absolute atomic E-state index is 0.336. The number of carboxylic acids is 1. The largest absolute Gasteiger partial charge is 0.481 e. The highest BCUT2D eigenvalue weighted by Gasteiger charge is 1.97. The van der Waals surface area contributed by atoms with Crippen molar-refractivity contribution in [1.29, 1.82) is 0 Å². The highest BCUT2D eigenvalue weighted by atomic mass is 16.4. The van der Waals surface area contributed by atoms with Gasteiger partial charge in [0, 0.05) is 12.5 Å². The summed E-state index contributed by atoms with van der Waals surface area (Å²) < 4.78 is 0. The molecule has 0 aromatic rings. The van der Waals surface area contributed by atoms with E-state index in [1.807, 2.05) is 0 Å². The van der Waals surface area contributed by atoms with Gasteiger partial charge in [-0.2, -0.15) is 0 Å². The lowest BCUT2D eigenvalue weighted by Crippen LogP contribution is -2.23. The molecule has 2 N–H and O–H groups in total. The fraction of sp³-hybridized carbons (Fsp3) is 0.933. The molecule has 0 rings (SSSR count). The highest BCUT2D eigenvalue weighted by molar-refractivity contribution is 5.66. The number of unbranched alkanes of at least 4 members (excludes halogenated alkanes) is 8. The van der Waals surface area contributed by atoms with Gasteiger partial charge in [0.15, 0.2) is 0 Å². The monoisotopic (exact) mass is 257 g/mol. The smallest absolute Gasteiger partial charge is 0.303 e. The summed E-state index contributed by atoms with van der Waals surface area (Å²) in [5, 5.41) is 11.9. The molecule has 0 saturated carbocycles. The van der Waals surface area contributed by atoms with Gasteiger partial charge >= 0.3 is 5.97 Å². The maximum Gasteiger partial charge on any atom is 0.303 e. The standard InChI is InChI=1S/C15H31NO2/c1-14(2)16-13-11-9-7-5-3-4-6-8-10-12-15(17)18/h14,16H,3-13H2,1-2H3,(H,17,18). The number of carboxylic acid groups (broad SMARTS) is 1. The molecule has 3 heteroatoms. The molecule has 0 aromatic carbocycles. The molecular weight excluding hydrogens is 226 g/mol. The quantitative estimate of drug-likeness (QED) is 0.491. The Hall–Kier alpha value is -0.570. The zero-order chi connectivity index (χ0) is 13.6. The second kappa shape index (κ2) is 12.9. The summed E-state index contributed by atoms with van der Waals surface area (Å²) in [5.41, 5.74) is 0. The average molecular weight is 257 g/mol. The van der Waals surface area contributed by atoms with Crippen LogP contribution in [0.5, 0.6) is 0 Å². The van der Waals surface area contributed by atoms with Crippen molar-refractivity contribution < 1.29 is 9.90 Å². The molecule has 0 spiro atoms. The minimum Gasteiger partial charge on any atom is -0.481 e. The number of carbonyl (C=O) groups is 1. The molecule has 0 atom stereocenters. The van der Waals surface area contributed by atoms with Crippen LogP contribution < -0.4 is 5.32 Å². The van der Waals surface area contributed by atoms with E-state index in [0.29, 0.717) is 12.5 Å². The molecule has 0 aromatic heterocycles. The van der Waals surface area contributed by atoms with E-state index in [1.54, 1.807) is 0 Å². The molecule has 0 saturated heterocycles. The Kier molecular flexibility index (Phi) is 12.5. The van der Waals surface area contributed by atoms with Crippen molar-refractivity contribution in [2.45, 2.75) is 84.1 Å². The summed E-state index contributed by atoms with van der Waals surface area (Å²) in [6, 6.07) is 0.607. The third-order valence-electron chi connectivity index (χ3n) is 3.12. The average Bonchev–Trinajstić information content (AvgIpc) is 2.29. The lowest BCUT2D eigenvalue weighted by atomic mass is 10.1. The maximum atomic E-state index is 10.3. The molecule has 0 fully saturated rings. The van der Waals surface area contributed by atoms with Gasteiger partial charge in [-0.15, -0.1) is 0 Å². The summed E-state index contributed by atoms with van der Waals surface area (Å²) in [6.07, 6.45) is 11.3. The van der Waals surface area contributed by atoms with Gasteiger partial charge in [-0.25, -0.2) is 0 Å². The second-order valence-corrected chi connectivity index (χ2v) is 5.43. The fourth-order valence-electron chi connectivity index (χ4n) is 2.03. The van der Waals surface area contributed by atoms with Crippen LogP contribution in [-0.4, -0.2) is 23.7 Å². The molecule has 3 nitrogen and oxygen atoms in total. The second-order valence-electron chi connectivity index (χ2n) is 5.43. The normalized spacial score (nSPS) is 11.1. The Morgan fingerprint density at radius 2 is 1.33 bits per heavy atom. The van der Waals surface area contributed by atoms with Gasteiger partial charge in [0.1, 0.15) is 0 Å². The van der Waals surface area contributed by atoms with Gasteiger partial charge in [-0.1, -0.05) is 58.8 Å². The van der Waals surface area contributed by atoms with Crippen molar-refractivity contribution in [3.8, 4) is 0 Å². The Bertz CT molecular complexity index is 193. The van der Waals surface area contributed by atoms with E-state index >= 15 is 0 Å². The molecule has 0 unspecified atom stereocenters. The van der Waals surface area contributed by atoms with Crippen molar-refractivity contribution in [2.75, 3.05) is 6.54 Å². The molecule has 0 bridgehead atoms. The van der Waals surface area contributed by atoms with E-state index < -0.39 is 5.97 Å². The van der Waals surface area contributed by atoms with Gasteiger partial charge in [0.2, 0.25) is 0 Å². The van der Waals surface area contributed by atoms with Crippen molar-refractivity contribution >= 4 is 5.97 Å². The van der Waals surface area contributed by atoms with Crippen molar-refractivity contribution in [3.05, 3.63) is 0 Å². The first kappa shape index (κ1) is 17.4. The number of hydrogen-bond donors (Lipinski definition) is 2. The predicted molar refractivity (Wildman–Crippen MR) is 76.9 cm³/mol. The first-order valence-electron chi connectivity index (χ1n) is 7.58. The number of nitrogens with one attached hydrogen (secondary N) is 1. The lowest BCUT2D eigenvalue weighted by molar-refractivity contribution is -0.137. The van der Waals surface area contributed by atoms with Crippen LogP contribution in [-0.2, 0) is 4.79 Å². The van der Waals surface area contributed by atoms with Crippen LogP contribution in [0.3, 0.4) is 0 Å². The van der Waals surface area contributed by atoms with Crippen molar-refractivity contribution in [3.63, 3.8) is 0 Å². The van der Waals surface area contributed by atoms with Crippen LogP contribution in [0.2, 0.25) is 0 Å². The van der Waals surface area contributed by atoms with Crippen LogP contribution >= 0.6 is 0 Å². The van der Waals surface area contributed by atoms with Gasteiger partial charge < -0.3 is 10.4 Å². The zero-order valence-corrected chi connectivity index (χ0v) is 12.2. The van der Waals surface area contributed by atoms with E-state index in [9.17, 15) is 4.79 Å². The van der Waals surface area contributed by atoms with E-state index in [-0.39, 0.29) is 0 Å². The van der Waals surface area contributed by atoms with Crippen LogP contribution in [0.4, 0.5) is 0 Å². The topological polar surface area (TPSA) is 49.3 Å². The summed E-state index contributed by atoms with van der Waals surface area (Å²) in [7, 11) is 0. The summed E-state index contributed by atoms with van der Waals surface area (Å²) in [6.45, 7) is 5.52. The molecule has 0 amide bonds. The molecular formula is C15H31NO2. The summed E-state index contributed by atoms with van der Waals surface area (Å²) >= 11 is 0. The highest BCUT2D eigenvalue weighted by Crippen LogP contribution is 2.10. The van der Waals surface area contributed by atoms with Gasteiger partial charge in [-0.05, 0) is 19.4 Å². The number of hydrogen-bond acceptors (Lipinski definition) is 2. The summed E-state index contributed by atoms with van der Waals surface area (Å²) in [5.74, 6) is -0.662. The van der Waals surface area contributed by atoms with Crippen LogP contribution in [0.15, 0.2) is 0 Å². The van der Waals surface area contributed by atoms with Crippen LogP contribution in [0.1, 0.15) is 78.1 Å². The van der Waals surface area contributed by atoms with E-state index in [4.69, 9.17) is 5.11 Å². The zero-order valence-electron chi connectivity index (χ0n) is 12.2. The molecule has 18 heavy (non-hydrogen) atoms.